The molecule has 0 amide bonds. The van der Waals surface area contributed by atoms with Crippen molar-refractivity contribution in [1.29, 1.82) is 0 Å². The molecule has 1 aliphatic carbocycles. The number of carbonyl (C=O) groups is 1. The SMILES string of the molecule is Cc1cc(C(=O)C2CCCCC2)c(C)c2ccccc12. The van der Waals surface area contributed by atoms with Crippen LogP contribution in [0.3, 0.4) is 0 Å². The Labute approximate surface area is 121 Å². The lowest BCUT2D eigenvalue weighted by Crippen LogP contribution is -2.19. The van der Waals surface area contributed by atoms with E-state index in [0.717, 1.165) is 24.0 Å². The van der Waals surface area contributed by atoms with Crippen LogP contribution in [-0.4, -0.2) is 5.78 Å². The molecule has 3 rings (SSSR count). The predicted octanol–water partition coefficient (Wildman–Crippen LogP) is 5.22. The quantitative estimate of drug-likeness (QED) is 0.681. The van der Waals surface area contributed by atoms with Crippen molar-refractivity contribution < 1.29 is 4.79 Å². The van der Waals surface area contributed by atoms with Crippen molar-refractivity contribution in [2.75, 3.05) is 0 Å². The van der Waals surface area contributed by atoms with E-state index < -0.39 is 0 Å². The molecule has 104 valence electrons. The Hall–Kier alpha value is -1.63. The van der Waals surface area contributed by atoms with Crippen molar-refractivity contribution in [3.63, 3.8) is 0 Å². The number of rotatable bonds is 2. The van der Waals surface area contributed by atoms with E-state index in [0.29, 0.717) is 5.78 Å². The summed E-state index contributed by atoms with van der Waals surface area (Å²) in [6.07, 6.45) is 5.86. The van der Waals surface area contributed by atoms with Crippen LogP contribution in [0.25, 0.3) is 10.8 Å². The van der Waals surface area contributed by atoms with Gasteiger partial charge in [-0.05, 0) is 54.7 Å². The fraction of sp³-hybridized carbons (Fsp3) is 0.421. The molecule has 1 saturated carbocycles. The number of ketones is 1. The molecule has 0 bridgehead atoms. The molecule has 0 saturated heterocycles. The minimum absolute atomic E-state index is 0.253. The Balaban J connectivity index is 2.07. The van der Waals surface area contributed by atoms with Gasteiger partial charge in [-0.2, -0.15) is 0 Å². The van der Waals surface area contributed by atoms with Crippen molar-refractivity contribution in [3.05, 3.63) is 47.0 Å². The largest absolute Gasteiger partial charge is 0.294 e. The summed E-state index contributed by atoms with van der Waals surface area (Å²) in [7, 11) is 0. The summed E-state index contributed by atoms with van der Waals surface area (Å²) >= 11 is 0. The molecule has 0 spiro atoms. The van der Waals surface area contributed by atoms with Crippen LogP contribution in [0.1, 0.15) is 53.6 Å². The molecule has 0 heterocycles. The molecule has 2 aromatic carbocycles. The third kappa shape index (κ3) is 2.26. The number of hydrogen-bond acceptors (Lipinski definition) is 1. The first-order valence-corrected chi connectivity index (χ1v) is 7.71. The van der Waals surface area contributed by atoms with E-state index in [1.165, 1.54) is 35.6 Å². The highest BCUT2D eigenvalue weighted by atomic mass is 16.1. The van der Waals surface area contributed by atoms with Gasteiger partial charge in [-0.15, -0.1) is 0 Å². The zero-order valence-electron chi connectivity index (χ0n) is 12.4. The first-order valence-electron chi connectivity index (χ1n) is 7.71. The van der Waals surface area contributed by atoms with Crippen molar-refractivity contribution >= 4 is 16.6 Å². The molecule has 1 heteroatoms. The summed E-state index contributed by atoms with van der Waals surface area (Å²) in [4.78, 5) is 12.8. The van der Waals surface area contributed by atoms with Gasteiger partial charge in [0.05, 0.1) is 0 Å². The molecule has 1 aliphatic rings. The van der Waals surface area contributed by atoms with Gasteiger partial charge in [0.15, 0.2) is 5.78 Å². The number of hydrogen-bond donors (Lipinski definition) is 0. The lowest BCUT2D eigenvalue weighted by molar-refractivity contribution is 0.0889. The van der Waals surface area contributed by atoms with Gasteiger partial charge in [0.25, 0.3) is 0 Å². The van der Waals surface area contributed by atoms with Crippen LogP contribution < -0.4 is 0 Å². The van der Waals surface area contributed by atoms with Gasteiger partial charge in [-0.1, -0.05) is 43.5 Å². The molecule has 1 nitrogen and oxygen atoms in total. The first kappa shape index (κ1) is 13.4. The molecule has 2 aromatic rings. The van der Waals surface area contributed by atoms with Gasteiger partial charge in [0.2, 0.25) is 0 Å². The lowest BCUT2D eigenvalue weighted by atomic mass is 9.81. The maximum atomic E-state index is 12.8. The highest BCUT2D eigenvalue weighted by molar-refractivity contribution is 6.04. The Morgan fingerprint density at radius 3 is 2.35 bits per heavy atom. The summed E-state index contributed by atoms with van der Waals surface area (Å²) in [5.41, 5.74) is 3.32. The Kier molecular flexibility index (Phi) is 3.60. The van der Waals surface area contributed by atoms with Crippen molar-refractivity contribution in [1.82, 2.24) is 0 Å². The van der Waals surface area contributed by atoms with Crippen LogP contribution in [0.2, 0.25) is 0 Å². The fourth-order valence-corrected chi connectivity index (χ4v) is 3.54. The summed E-state index contributed by atoms with van der Waals surface area (Å²) < 4.78 is 0. The molecule has 20 heavy (non-hydrogen) atoms. The second-order valence-electron chi connectivity index (χ2n) is 6.11. The number of aryl methyl sites for hydroxylation is 2. The highest BCUT2D eigenvalue weighted by Crippen LogP contribution is 2.31. The zero-order chi connectivity index (χ0) is 14.1. The summed E-state index contributed by atoms with van der Waals surface area (Å²) in [5.74, 6) is 0.624. The van der Waals surface area contributed by atoms with E-state index in [1.807, 2.05) is 0 Å². The van der Waals surface area contributed by atoms with Gasteiger partial charge in [0.1, 0.15) is 0 Å². The van der Waals surface area contributed by atoms with E-state index in [2.05, 4.69) is 44.2 Å². The number of Topliss-reactive ketones (excluding diaryl/α,β-unsaturated/α-hetero) is 1. The topological polar surface area (TPSA) is 17.1 Å². The lowest BCUT2D eigenvalue weighted by Gasteiger charge is -2.22. The Bertz CT molecular complexity index is 648. The number of benzene rings is 2. The smallest absolute Gasteiger partial charge is 0.166 e. The van der Waals surface area contributed by atoms with Crippen molar-refractivity contribution in [2.45, 2.75) is 46.0 Å². The van der Waals surface area contributed by atoms with Crippen molar-refractivity contribution in [3.8, 4) is 0 Å². The predicted molar refractivity (Wildman–Crippen MR) is 84.3 cm³/mol. The van der Waals surface area contributed by atoms with E-state index in [4.69, 9.17) is 0 Å². The van der Waals surface area contributed by atoms with E-state index in [-0.39, 0.29) is 5.92 Å². The van der Waals surface area contributed by atoms with E-state index in [1.54, 1.807) is 0 Å². The van der Waals surface area contributed by atoms with Crippen molar-refractivity contribution in [2.24, 2.45) is 5.92 Å². The average Bonchev–Trinajstić information content (AvgIpc) is 2.51. The van der Waals surface area contributed by atoms with Crippen LogP contribution >= 0.6 is 0 Å². The normalized spacial score (nSPS) is 16.5. The molecular weight excluding hydrogens is 244 g/mol. The third-order valence-corrected chi connectivity index (χ3v) is 4.76. The maximum absolute atomic E-state index is 12.8. The van der Waals surface area contributed by atoms with Crippen LogP contribution in [0.5, 0.6) is 0 Å². The van der Waals surface area contributed by atoms with Crippen LogP contribution in [0.4, 0.5) is 0 Å². The summed E-state index contributed by atoms with van der Waals surface area (Å²) in [6, 6.07) is 10.5. The standard InChI is InChI=1S/C19H22O/c1-13-12-18(19(20)15-8-4-3-5-9-15)14(2)17-11-7-6-10-16(13)17/h6-7,10-12,15H,3-5,8-9H2,1-2H3. The molecule has 0 unspecified atom stereocenters. The van der Waals surface area contributed by atoms with E-state index in [9.17, 15) is 4.79 Å². The zero-order valence-corrected chi connectivity index (χ0v) is 12.4. The van der Waals surface area contributed by atoms with Crippen LogP contribution in [0, 0.1) is 19.8 Å². The molecular formula is C19H22O. The Morgan fingerprint density at radius 2 is 1.65 bits per heavy atom. The minimum atomic E-state index is 0.253. The molecule has 0 aromatic heterocycles. The van der Waals surface area contributed by atoms with Gasteiger partial charge < -0.3 is 0 Å². The second kappa shape index (κ2) is 5.40. The monoisotopic (exact) mass is 266 g/mol. The summed E-state index contributed by atoms with van der Waals surface area (Å²) in [6.45, 7) is 4.21. The van der Waals surface area contributed by atoms with Crippen LogP contribution in [0.15, 0.2) is 30.3 Å². The van der Waals surface area contributed by atoms with Crippen LogP contribution in [-0.2, 0) is 0 Å². The van der Waals surface area contributed by atoms with E-state index >= 15 is 0 Å². The average molecular weight is 266 g/mol. The number of fused-ring (bicyclic) bond motifs is 1. The maximum Gasteiger partial charge on any atom is 0.166 e. The molecule has 0 atom stereocenters. The number of carbonyl (C=O) groups excluding carboxylic acids is 1. The van der Waals surface area contributed by atoms with Gasteiger partial charge in [0, 0.05) is 11.5 Å². The van der Waals surface area contributed by atoms with Gasteiger partial charge >= 0.3 is 0 Å². The fourth-order valence-electron chi connectivity index (χ4n) is 3.54. The minimum Gasteiger partial charge on any atom is -0.294 e. The Morgan fingerprint density at radius 1 is 1.00 bits per heavy atom. The van der Waals surface area contributed by atoms with Gasteiger partial charge in [-0.3, -0.25) is 4.79 Å². The second-order valence-corrected chi connectivity index (χ2v) is 6.11. The molecule has 0 aliphatic heterocycles. The molecule has 0 N–H and O–H groups in total. The third-order valence-electron chi connectivity index (χ3n) is 4.76. The highest BCUT2D eigenvalue weighted by Gasteiger charge is 2.24. The molecule has 1 fully saturated rings. The molecule has 0 radical (unpaired) electrons. The first-order chi connectivity index (χ1) is 9.68. The van der Waals surface area contributed by atoms with Gasteiger partial charge in [-0.25, -0.2) is 0 Å². The summed E-state index contributed by atoms with van der Waals surface area (Å²) in [5, 5.41) is 2.50.